The van der Waals surface area contributed by atoms with Gasteiger partial charge in [-0.15, -0.1) is 0 Å². The molecule has 1 heterocycles. The van der Waals surface area contributed by atoms with E-state index in [0.717, 1.165) is 15.5 Å². The van der Waals surface area contributed by atoms with Crippen LogP contribution in [0.5, 0.6) is 0 Å². The number of halogens is 2. The summed E-state index contributed by atoms with van der Waals surface area (Å²) < 4.78 is 6.29. The fraction of sp³-hybridized carbons (Fsp3) is 0.286. The Labute approximate surface area is 120 Å². The zero-order chi connectivity index (χ0) is 13.1. The van der Waals surface area contributed by atoms with E-state index in [4.69, 9.17) is 16.0 Å². The molecule has 0 saturated heterocycles. The van der Waals surface area contributed by atoms with Crippen LogP contribution in [0.3, 0.4) is 0 Å². The monoisotopic (exact) mass is 327 g/mol. The number of rotatable bonds is 4. The van der Waals surface area contributed by atoms with Gasteiger partial charge in [0.2, 0.25) is 0 Å². The van der Waals surface area contributed by atoms with Crippen LogP contribution in [0.1, 0.15) is 37.3 Å². The van der Waals surface area contributed by atoms with E-state index in [1.165, 1.54) is 5.56 Å². The molecule has 1 N–H and O–H groups in total. The highest BCUT2D eigenvalue weighted by atomic mass is 79.9. The first-order valence-corrected chi connectivity index (χ1v) is 7.00. The van der Waals surface area contributed by atoms with Crippen molar-refractivity contribution in [3.05, 3.63) is 57.4 Å². The topological polar surface area (TPSA) is 25.2 Å². The van der Waals surface area contributed by atoms with Crippen LogP contribution in [0.25, 0.3) is 0 Å². The standard InChI is InChI=1S/C14H15BrClNO/c1-9(11-4-3-5-12(16)8-11)17-10(2)13-6-7-14(15)18-13/h3-10,17H,1-2H3. The maximum atomic E-state index is 5.99. The van der Waals surface area contributed by atoms with Gasteiger partial charge in [-0.1, -0.05) is 23.7 Å². The SMILES string of the molecule is CC(NC(C)c1ccc(Br)o1)c1cccc(Cl)c1. The van der Waals surface area contributed by atoms with E-state index < -0.39 is 0 Å². The third-order valence-corrected chi connectivity index (χ3v) is 3.53. The fourth-order valence-corrected chi connectivity index (χ4v) is 2.41. The van der Waals surface area contributed by atoms with Crippen LogP contribution in [0.2, 0.25) is 5.02 Å². The van der Waals surface area contributed by atoms with Gasteiger partial charge in [0, 0.05) is 11.1 Å². The first-order valence-electron chi connectivity index (χ1n) is 5.83. The molecule has 4 heteroatoms. The molecule has 0 saturated carbocycles. The van der Waals surface area contributed by atoms with Crippen LogP contribution in [-0.2, 0) is 0 Å². The molecule has 2 nitrogen and oxygen atoms in total. The van der Waals surface area contributed by atoms with E-state index in [1.54, 1.807) is 0 Å². The maximum Gasteiger partial charge on any atom is 0.169 e. The highest BCUT2D eigenvalue weighted by molar-refractivity contribution is 9.10. The molecule has 0 bridgehead atoms. The summed E-state index contributed by atoms with van der Waals surface area (Å²) in [5.74, 6) is 0.913. The van der Waals surface area contributed by atoms with Crippen LogP contribution in [0.15, 0.2) is 45.5 Å². The lowest BCUT2D eigenvalue weighted by Gasteiger charge is -2.19. The van der Waals surface area contributed by atoms with E-state index in [-0.39, 0.29) is 12.1 Å². The number of hydrogen-bond acceptors (Lipinski definition) is 2. The predicted molar refractivity (Wildman–Crippen MR) is 77.8 cm³/mol. The first-order chi connectivity index (χ1) is 8.56. The molecule has 0 amide bonds. The van der Waals surface area contributed by atoms with Crippen molar-refractivity contribution in [2.45, 2.75) is 25.9 Å². The van der Waals surface area contributed by atoms with Gasteiger partial charge in [0.15, 0.2) is 4.67 Å². The largest absolute Gasteiger partial charge is 0.453 e. The number of furan rings is 1. The van der Waals surface area contributed by atoms with Gasteiger partial charge in [-0.05, 0) is 59.6 Å². The summed E-state index contributed by atoms with van der Waals surface area (Å²) in [7, 11) is 0. The molecule has 2 atom stereocenters. The van der Waals surface area contributed by atoms with E-state index in [9.17, 15) is 0 Å². The van der Waals surface area contributed by atoms with Crippen molar-refractivity contribution in [2.24, 2.45) is 0 Å². The fourth-order valence-electron chi connectivity index (χ4n) is 1.89. The lowest BCUT2D eigenvalue weighted by atomic mass is 10.1. The molecule has 2 aromatic rings. The Bertz CT molecular complexity index is 526. The van der Waals surface area contributed by atoms with Crippen molar-refractivity contribution in [1.29, 1.82) is 0 Å². The summed E-state index contributed by atoms with van der Waals surface area (Å²) in [6, 6.07) is 12.1. The Balaban J connectivity index is 2.05. The average molecular weight is 329 g/mol. The molecule has 1 aromatic carbocycles. The summed E-state index contributed by atoms with van der Waals surface area (Å²) in [6.45, 7) is 4.19. The average Bonchev–Trinajstić information content (AvgIpc) is 2.76. The Morgan fingerprint density at radius 1 is 1.17 bits per heavy atom. The zero-order valence-corrected chi connectivity index (χ0v) is 12.6. The van der Waals surface area contributed by atoms with Gasteiger partial charge in [-0.2, -0.15) is 0 Å². The molecule has 0 aliphatic rings. The Hall–Kier alpha value is -0.770. The zero-order valence-electron chi connectivity index (χ0n) is 10.3. The molecule has 2 rings (SSSR count). The summed E-state index contributed by atoms with van der Waals surface area (Å²) in [4.78, 5) is 0. The first kappa shape index (κ1) is 13.7. The molecule has 0 fully saturated rings. The van der Waals surface area contributed by atoms with Crippen molar-refractivity contribution in [2.75, 3.05) is 0 Å². The molecule has 0 radical (unpaired) electrons. The van der Waals surface area contributed by atoms with Gasteiger partial charge >= 0.3 is 0 Å². The van der Waals surface area contributed by atoms with Crippen molar-refractivity contribution >= 4 is 27.5 Å². The highest BCUT2D eigenvalue weighted by Gasteiger charge is 2.14. The number of hydrogen-bond donors (Lipinski definition) is 1. The van der Waals surface area contributed by atoms with E-state index in [1.807, 2.05) is 30.3 Å². The molecular formula is C14H15BrClNO. The smallest absolute Gasteiger partial charge is 0.169 e. The van der Waals surface area contributed by atoms with Crippen molar-refractivity contribution in [3.8, 4) is 0 Å². The summed E-state index contributed by atoms with van der Waals surface area (Å²) >= 11 is 9.30. The third-order valence-electron chi connectivity index (χ3n) is 2.87. The molecule has 1 aromatic heterocycles. The summed E-state index contributed by atoms with van der Waals surface area (Å²) in [6.07, 6.45) is 0. The Morgan fingerprint density at radius 2 is 1.94 bits per heavy atom. The normalized spacial score (nSPS) is 14.4. The lowest BCUT2D eigenvalue weighted by Crippen LogP contribution is -2.22. The van der Waals surface area contributed by atoms with Gasteiger partial charge < -0.3 is 9.73 Å². The second-order valence-electron chi connectivity index (χ2n) is 4.31. The molecular weight excluding hydrogens is 314 g/mol. The van der Waals surface area contributed by atoms with Crippen LogP contribution >= 0.6 is 27.5 Å². The second kappa shape index (κ2) is 5.91. The van der Waals surface area contributed by atoms with Gasteiger partial charge in [-0.25, -0.2) is 0 Å². The van der Waals surface area contributed by atoms with Gasteiger partial charge in [0.05, 0.1) is 6.04 Å². The molecule has 0 spiro atoms. The van der Waals surface area contributed by atoms with Crippen molar-refractivity contribution in [3.63, 3.8) is 0 Å². The van der Waals surface area contributed by atoms with Crippen LogP contribution in [0, 0.1) is 0 Å². The number of nitrogens with one attached hydrogen (secondary N) is 1. The summed E-state index contributed by atoms with van der Waals surface area (Å²) in [5.41, 5.74) is 1.17. The second-order valence-corrected chi connectivity index (χ2v) is 5.52. The van der Waals surface area contributed by atoms with Gasteiger partial charge in [0.1, 0.15) is 5.76 Å². The quantitative estimate of drug-likeness (QED) is 0.844. The van der Waals surface area contributed by atoms with E-state index in [0.29, 0.717) is 0 Å². The van der Waals surface area contributed by atoms with E-state index in [2.05, 4.69) is 41.2 Å². The van der Waals surface area contributed by atoms with Crippen LogP contribution < -0.4 is 5.32 Å². The Morgan fingerprint density at radius 3 is 2.56 bits per heavy atom. The third kappa shape index (κ3) is 3.37. The Kier molecular flexibility index (Phi) is 4.49. The summed E-state index contributed by atoms with van der Waals surface area (Å²) in [5, 5.41) is 4.24. The van der Waals surface area contributed by atoms with Crippen LogP contribution in [-0.4, -0.2) is 0 Å². The van der Waals surface area contributed by atoms with Gasteiger partial charge in [0.25, 0.3) is 0 Å². The minimum atomic E-state index is 0.144. The van der Waals surface area contributed by atoms with Gasteiger partial charge in [-0.3, -0.25) is 0 Å². The lowest BCUT2D eigenvalue weighted by molar-refractivity contribution is 0.394. The van der Waals surface area contributed by atoms with Crippen molar-refractivity contribution < 1.29 is 4.42 Å². The molecule has 2 unspecified atom stereocenters. The molecule has 0 aliphatic carbocycles. The maximum absolute atomic E-state index is 5.99. The highest BCUT2D eigenvalue weighted by Crippen LogP contribution is 2.24. The molecule has 18 heavy (non-hydrogen) atoms. The predicted octanol–water partition coefficient (Wildman–Crippen LogP) is 5.11. The minimum Gasteiger partial charge on any atom is -0.453 e. The number of benzene rings is 1. The van der Waals surface area contributed by atoms with E-state index >= 15 is 0 Å². The van der Waals surface area contributed by atoms with Crippen LogP contribution in [0.4, 0.5) is 0 Å². The molecule has 96 valence electrons. The molecule has 0 aliphatic heterocycles. The van der Waals surface area contributed by atoms with Crippen molar-refractivity contribution in [1.82, 2.24) is 5.32 Å². The minimum absolute atomic E-state index is 0.144.